The van der Waals surface area contributed by atoms with Crippen molar-refractivity contribution in [3.05, 3.63) is 106 Å². The number of ether oxygens (including phenoxy) is 2. The molecule has 0 aliphatic rings. The van der Waals surface area contributed by atoms with Gasteiger partial charge in [0.05, 0.1) is 10.5 Å². The van der Waals surface area contributed by atoms with Crippen molar-refractivity contribution >= 4 is 46.6 Å². The van der Waals surface area contributed by atoms with Gasteiger partial charge in [-0.15, -0.1) is 0 Å². The summed E-state index contributed by atoms with van der Waals surface area (Å²) in [6, 6.07) is 15.8. The number of fused-ring (bicyclic) bond motifs is 1. The standard InChI is InChI=1S/C34H33ClFNO6/c1-4-6-32(43-29-18-9-21(2)19-27(29)35)42-25-15-11-23(12-16-25)10-13-24-14-17-28(36)33-26(7-5-8-30(38)39)22(3)37(34(24)33)20-31(40)41/h4,6,9-19,32H,5,7-8,20H2,1-3H3,(H,38,39)(H,40,41)/b6-4+,13-10+. The predicted octanol–water partition coefficient (Wildman–Crippen LogP) is 8.07. The minimum atomic E-state index is -1.06. The van der Waals surface area contributed by atoms with Crippen LogP contribution in [0.1, 0.15) is 47.7 Å². The first kappa shape index (κ1) is 31.4. The third-order valence-electron chi connectivity index (χ3n) is 6.95. The fourth-order valence-electron chi connectivity index (χ4n) is 4.93. The van der Waals surface area contributed by atoms with Crippen LogP contribution in [0, 0.1) is 19.7 Å². The lowest BCUT2D eigenvalue weighted by Gasteiger charge is -2.18. The number of hydrogen-bond acceptors (Lipinski definition) is 4. The summed E-state index contributed by atoms with van der Waals surface area (Å²) in [5.41, 5.74) is 4.19. The Kier molecular flexibility index (Phi) is 10.3. The Morgan fingerprint density at radius 3 is 2.40 bits per heavy atom. The van der Waals surface area contributed by atoms with E-state index in [9.17, 15) is 14.7 Å². The molecule has 0 saturated heterocycles. The van der Waals surface area contributed by atoms with E-state index in [1.54, 1.807) is 41.8 Å². The maximum Gasteiger partial charge on any atom is 0.323 e. The molecule has 1 unspecified atom stereocenters. The summed E-state index contributed by atoms with van der Waals surface area (Å²) in [4.78, 5) is 22.7. The van der Waals surface area contributed by atoms with Crippen LogP contribution in [0.3, 0.4) is 0 Å². The normalized spacial score (nSPS) is 12.3. The van der Waals surface area contributed by atoms with Crippen LogP contribution >= 0.6 is 11.6 Å². The fraction of sp³-hybridized carbons (Fsp3) is 0.235. The average molecular weight is 606 g/mol. The Morgan fingerprint density at radius 2 is 1.74 bits per heavy atom. The average Bonchev–Trinajstić information content (AvgIpc) is 3.22. The number of carboxylic acids is 2. The number of carboxylic acid groups (broad SMARTS) is 2. The van der Waals surface area contributed by atoms with E-state index < -0.39 is 24.0 Å². The Bertz CT molecular complexity index is 1690. The molecular weight excluding hydrogens is 573 g/mol. The quantitative estimate of drug-likeness (QED) is 0.0908. The van der Waals surface area contributed by atoms with Gasteiger partial charge in [0, 0.05) is 17.5 Å². The smallest absolute Gasteiger partial charge is 0.323 e. The molecule has 224 valence electrons. The minimum absolute atomic E-state index is 0.0622. The van der Waals surface area contributed by atoms with E-state index in [0.29, 0.717) is 57.1 Å². The number of benzene rings is 3. The molecule has 9 heteroatoms. The van der Waals surface area contributed by atoms with E-state index in [2.05, 4.69) is 0 Å². The maximum atomic E-state index is 15.1. The number of carbonyl (C=O) groups is 2. The van der Waals surface area contributed by atoms with Crippen molar-refractivity contribution in [3.63, 3.8) is 0 Å². The van der Waals surface area contributed by atoms with Gasteiger partial charge in [-0.25, -0.2) is 4.39 Å². The van der Waals surface area contributed by atoms with Gasteiger partial charge in [0.1, 0.15) is 23.9 Å². The monoisotopic (exact) mass is 605 g/mol. The number of halogens is 2. The van der Waals surface area contributed by atoms with E-state index >= 15 is 4.39 Å². The molecule has 0 radical (unpaired) electrons. The van der Waals surface area contributed by atoms with Gasteiger partial charge in [-0.1, -0.05) is 48.0 Å². The van der Waals surface area contributed by atoms with Gasteiger partial charge < -0.3 is 24.3 Å². The molecule has 1 aromatic heterocycles. The van der Waals surface area contributed by atoms with Crippen molar-refractivity contribution in [1.82, 2.24) is 4.57 Å². The highest BCUT2D eigenvalue weighted by atomic mass is 35.5. The summed E-state index contributed by atoms with van der Waals surface area (Å²) in [6.45, 7) is 5.20. The molecule has 4 aromatic rings. The zero-order chi connectivity index (χ0) is 31.1. The number of hydrogen-bond donors (Lipinski definition) is 2. The van der Waals surface area contributed by atoms with Crippen LogP contribution in [0.25, 0.3) is 23.1 Å². The van der Waals surface area contributed by atoms with Crippen molar-refractivity contribution in [2.24, 2.45) is 0 Å². The van der Waals surface area contributed by atoms with Crippen molar-refractivity contribution in [1.29, 1.82) is 0 Å². The van der Waals surface area contributed by atoms with Crippen LogP contribution in [-0.4, -0.2) is 33.0 Å². The lowest BCUT2D eigenvalue weighted by molar-refractivity contribution is -0.138. The van der Waals surface area contributed by atoms with Crippen LogP contribution < -0.4 is 9.47 Å². The zero-order valence-electron chi connectivity index (χ0n) is 24.1. The molecule has 0 spiro atoms. The highest BCUT2D eigenvalue weighted by Gasteiger charge is 2.21. The summed E-state index contributed by atoms with van der Waals surface area (Å²) < 4.78 is 28.7. The van der Waals surface area contributed by atoms with E-state index in [1.165, 1.54) is 6.07 Å². The lowest BCUT2D eigenvalue weighted by atomic mass is 10.0. The molecule has 0 aliphatic heterocycles. The molecule has 2 N–H and O–H groups in total. The van der Waals surface area contributed by atoms with Gasteiger partial charge in [0.25, 0.3) is 6.29 Å². The van der Waals surface area contributed by atoms with E-state index in [4.69, 9.17) is 26.2 Å². The maximum absolute atomic E-state index is 15.1. The van der Waals surface area contributed by atoms with Crippen LogP contribution in [0.4, 0.5) is 4.39 Å². The van der Waals surface area contributed by atoms with E-state index in [-0.39, 0.29) is 13.0 Å². The fourth-order valence-corrected chi connectivity index (χ4v) is 5.21. The third kappa shape index (κ3) is 7.84. The summed E-state index contributed by atoms with van der Waals surface area (Å²) in [7, 11) is 0. The second kappa shape index (κ2) is 14.1. The molecule has 43 heavy (non-hydrogen) atoms. The lowest BCUT2D eigenvalue weighted by Crippen LogP contribution is -2.21. The van der Waals surface area contributed by atoms with Gasteiger partial charge in [-0.3, -0.25) is 9.59 Å². The minimum Gasteiger partial charge on any atom is -0.481 e. The Hall–Kier alpha value is -4.56. The molecule has 1 heterocycles. The largest absolute Gasteiger partial charge is 0.481 e. The van der Waals surface area contributed by atoms with Gasteiger partial charge in [0.2, 0.25) is 0 Å². The van der Waals surface area contributed by atoms with Crippen LogP contribution in [0.2, 0.25) is 5.02 Å². The molecule has 4 rings (SSSR count). The van der Waals surface area contributed by atoms with Gasteiger partial charge in [-0.2, -0.15) is 0 Å². The number of aryl methyl sites for hydroxylation is 2. The highest BCUT2D eigenvalue weighted by Crippen LogP contribution is 2.33. The first-order valence-corrected chi connectivity index (χ1v) is 14.2. The van der Waals surface area contributed by atoms with E-state index in [0.717, 1.165) is 11.1 Å². The molecule has 0 amide bonds. The number of rotatable bonds is 13. The van der Waals surface area contributed by atoms with Crippen molar-refractivity contribution in [3.8, 4) is 11.5 Å². The number of allylic oxidation sites excluding steroid dienone is 1. The molecule has 0 bridgehead atoms. The summed E-state index contributed by atoms with van der Waals surface area (Å²) in [6.07, 6.45) is 7.12. The molecule has 7 nitrogen and oxygen atoms in total. The first-order valence-electron chi connectivity index (χ1n) is 13.8. The van der Waals surface area contributed by atoms with Crippen LogP contribution in [0.5, 0.6) is 11.5 Å². The molecular formula is C34H33ClFNO6. The Labute approximate surface area is 254 Å². The Morgan fingerprint density at radius 1 is 1.00 bits per heavy atom. The molecule has 0 fully saturated rings. The second-order valence-electron chi connectivity index (χ2n) is 10.1. The van der Waals surface area contributed by atoms with Crippen molar-refractivity contribution in [2.45, 2.75) is 52.9 Å². The predicted molar refractivity (Wildman–Crippen MR) is 166 cm³/mol. The SMILES string of the molecule is C/C=C/C(Oc1ccc(/C=C/c2ccc(F)c3c(CCCC(=O)O)c(C)n(CC(=O)O)c23)cc1)Oc1ccc(C)cc1Cl. The topological polar surface area (TPSA) is 98.0 Å². The molecule has 0 saturated carbocycles. The first-order chi connectivity index (χ1) is 20.6. The zero-order valence-corrected chi connectivity index (χ0v) is 24.9. The summed E-state index contributed by atoms with van der Waals surface area (Å²) in [5.74, 6) is -1.39. The molecule has 0 aliphatic carbocycles. The number of nitrogens with zero attached hydrogens (tertiary/aromatic N) is 1. The van der Waals surface area contributed by atoms with Gasteiger partial charge >= 0.3 is 11.9 Å². The van der Waals surface area contributed by atoms with Gasteiger partial charge in [-0.05, 0) is 98.3 Å². The number of aliphatic carboxylic acids is 2. The third-order valence-corrected chi connectivity index (χ3v) is 7.25. The summed E-state index contributed by atoms with van der Waals surface area (Å²) >= 11 is 6.32. The second-order valence-corrected chi connectivity index (χ2v) is 10.5. The summed E-state index contributed by atoms with van der Waals surface area (Å²) in [5, 5.41) is 19.4. The molecule has 3 aromatic carbocycles. The molecule has 1 atom stereocenters. The number of aromatic nitrogens is 1. The van der Waals surface area contributed by atoms with Crippen molar-refractivity contribution in [2.75, 3.05) is 0 Å². The van der Waals surface area contributed by atoms with Gasteiger partial charge in [0.15, 0.2) is 0 Å². The van der Waals surface area contributed by atoms with Crippen LogP contribution in [-0.2, 0) is 22.6 Å². The van der Waals surface area contributed by atoms with E-state index in [1.807, 2.05) is 56.3 Å². The highest BCUT2D eigenvalue weighted by molar-refractivity contribution is 6.32. The Balaban J connectivity index is 1.59. The van der Waals surface area contributed by atoms with Crippen molar-refractivity contribution < 1.29 is 33.7 Å². The van der Waals surface area contributed by atoms with Crippen LogP contribution in [0.15, 0.2) is 66.7 Å².